The Labute approximate surface area is 145 Å². The van der Waals surface area contributed by atoms with Gasteiger partial charge in [0.1, 0.15) is 5.82 Å². The molecule has 0 radical (unpaired) electrons. The van der Waals surface area contributed by atoms with Gasteiger partial charge in [-0.1, -0.05) is 6.07 Å². The number of aliphatic carboxylic acids is 1. The van der Waals surface area contributed by atoms with E-state index in [-0.39, 0.29) is 17.6 Å². The summed E-state index contributed by atoms with van der Waals surface area (Å²) >= 11 is 0. The molecule has 1 aliphatic heterocycles. The number of hydrogen-bond donors (Lipinski definition) is 1. The molecule has 1 aromatic heterocycles. The topological polar surface area (TPSA) is 62.5 Å². The standard InChI is InChI=1S/C19H21FN2O3/c1-12-10-17(13(2)22(12)16-5-3-4-15(20)11-16)18(23)21-8-6-14(7-9-21)19(24)25/h3-5,10-11,14H,6-9H2,1-2H3,(H,24,25). The number of hydrogen-bond acceptors (Lipinski definition) is 2. The number of rotatable bonds is 3. The monoisotopic (exact) mass is 344 g/mol. The summed E-state index contributed by atoms with van der Waals surface area (Å²) in [7, 11) is 0. The fourth-order valence-electron chi connectivity index (χ4n) is 3.49. The number of carbonyl (C=O) groups excluding carboxylic acids is 1. The molecule has 25 heavy (non-hydrogen) atoms. The number of aromatic nitrogens is 1. The van der Waals surface area contributed by atoms with Crippen molar-refractivity contribution < 1.29 is 19.1 Å². The molecule has 132 valence electrons. The number of carboxylic acids is 1. The molecule has 1 N–H and O–H groups in total. The fraction of sp³-hybridized carbons (Fsp3) is 0.368. The van der Waals surface area contributed by atoms with Crippen LogP contribution < -0.4 is 0 Å². The second-order valence-electron chi connectivity index (χ2n) is 6.50. The Balaban J connectivity index is 1.85. The van der Waals surface area contributed by atoms with Crippen LogP contribution in [-0.4, -0.2) is 39.5 Å². The van der Waals surface area contributed by atoms with Gasteiger partial charge in [0.25, 0.3) is 5.91 Å². The maximum Gasteiger partial charge on any atom is 0.306 e. The van der Waals surface area contributed by atoms with E-state index in [1.54, 1.807) is 17.0 Å². The largest absolute Gasteiger partial charge is 0.481 e. The number of likely N-dealkylation sites (tertiary alicyclic amines) is 1. The molecule has 3 rings (SSSR count). The van der Waals surface area contributed by atoms with Gasteiger partial charge in [-0.2, -0.15) is 0 Å². The molecule has 2 heterocycles. The lowest BCUT2D eigenvalue weighted by molar-refractivity contribution is -0.143. The summed E-state index contributed by atoms with van der Waals surface area (Å²) in [6, 6.07) is 8.08. The van der Waals surface area contributed by atoms with Crippen molar-refractivity contribution in [2.45, 2.75) is 26.7 Å². The van der Waals surface area contributed by atoms with E-state index in [0.717, 1.165) is 11.4 Å². The molecule has 5 nitrogen and oxygen atoms in total. The van der Waals surface area contributed by atoms with Crippen LogP contribution in [0.2, 0.25) is 0 Å². The van der Waals surface area contributed by atoms with Crippen molar-refractivity contribution in [1.82, 2.24) is 9.47 Å². The maximum atomic E-state index is 13.5. The summed E-state index contributed by atoms with van der Waals surface area (Å²) in [5.41, 5.74) is 2.87. The molecule has 1 fully saturated rings. The minimum atomic E-state index is -0.795. The molecule has 6 heteroatoms. The van der Waals surface area contributed by atoms with Gasteiger partial charge in [0.05, 0.1) is 11.5 Å². The number of amides is 1. The van der Waals surface area contributed by atoms with E-state index in [2.05, 4.69) is 0 Å². The predicted octanol–water partition coefficient (Wildman–Crippen LogP) is 3.17. The fourth-order valence-corrected chi connectivity index (χ4v) is 3.49. The minimum absolute atomic E-state index is 0.0976. The second-order valence-corrected chi connectivity index (χ2v) is 6.50. The number of halogens is 1. The molecule has 0 bridgehead atoms. The molecular weight excluding hydrogens is 323 g/mol. The Morgan fingerprint density at radius 1 is 1.16 bits per heavy atom. The van der Waals surface area contributed by atoms with Crippen molar-refractivity contribution in [3.05, 3.63) is 53.1 Å². The van der Waals surface area contributed by atoms with Gasteiger partial charge < -0.3 is 14.6 Å². The highest BCUT2D eigenvalue weighted by Crippen LogP contribution is 2.25. The summed E-state index contributed by atoms with van der Waals surface area (Å²) in [6.07, 6.45) is 0.952. The lowest BCUT2D eigenvalue weighted by Crippen LogP contribution is -2.40. The molecule has 0 saturated carbocycles. The zero-order valence-electron chi connectivity index (χ0n) is 14.3. The van der Waals surface area contributed by atoms with Gasteiger partial charge in [-0.3, -0.25) is 9.59 Å². The third-order valence-corrected chi connectivity index (χ3v) is 4.86. The maximum absolute atomic E-state index is 13.5. The average Bonchev–Trinajstić information content (AvgIpc) is 2.88. The van der Waals surface area contributed by atoms with Gasteiger partial charge >= 0.3 is 5.97 Å². The summed E-state index contributed by atoms with van der Waals surface area (Å²) < 4.78 is 15.4. The van der Waals surface area contributed by atoms with E-state index in [9.17, 15) is 14.0 Å². The zero-order valence-corrected chi connectivity index (χ0v) is 14.3. The van der Waals surface area contributed by atoms with E-state index in [0.29, 0.717) is 37.2 Å². The lowest BCUT2D eigenvalue weighted by Gasteiger charge is -2.30. The number of benzene rings is 1. The Hall–Kier alpha value is -2.63. The Bertz CT molecular complexity index is 820. The molecule has 2 aromatic rings. The number of piperidine rings is 1. The zero-order chi connectivity index (χ0) is 18.1. The quantitative estimate of drug-likeness (QED) is 0.930. The lowest BCUT2D eigenvalue weighted by atomic mass is 9.96. The van der Waals surface area contributed by atoms with Crippen LogP contribution >= 0.6 is 0 Å². The summed E-state index contributed by atoms with van der Waals surface area (Å²) in [6.45, 7) is 4.61. The van der Waals surface area contributed by atoms with Crippen LogP contribution in [0.3, 0.4) is 0 Å². The number of carbonyl (C=O) groups is 2. The molecule has 0 atom stereocenters. The van der Waals surface area contributed by atoms with Crippen LogP contribution in [0.4, 0.5) is 4.39 Å². The third kappa shape index (κ3) is 3.29. The van der Waals surface area contributed by atoms with E-state index in [1.807, 2.05) is 24.5 Å². The molecule has 1 saturated heterocycles. The molecule has 1 aliphatic rings. The average molecular weight is 344 g/mol. The van der Waals surface area contributed by atoms with Crippen LogP contribution in [0.5, 0.6) is 0 Å². The first-order valence-corrected chi connectivity index (χ1v) is 8.35. The van der Waals surface area contributed by atoms with Crippen LogP contribution in [0, 0.1) is 25.6 Å². The van der Waals surface area contributed by atoms with Crippen molar-refractivity contribution in [2.24, 2.45) is 5.92 Å². The Morgan fingerprint density at radius 3 is 2.44 bits per heavy atom. The highest BCUT2D eigenvalue weighted by Gasteiger charge is 2.29. The SMILES string of the molecule is Cc1cc(C(=O)N2CCC(C(=O)O)CC2)c(C)n1-c1cccc(F)c1. The third-order valence-electron chi connectivity index (χ3n) is 4.86. The first-order valence-electron chi connectivity index (χ1n) is 8.35. The van der Waals surface area contributed by atoms with E-state index in [4.69, 9.17) is 5.11 Å². The highest BCUT2D eigenvalue weighted by molar-refractivity contribution is 5.96. The van der Waals surface area contributed by atoms with Crippen molar-refractivity contribution >= 4 is 11.9 Å². The van der Waals surface area contributed by atoms with Crippen LogP contribution in [0.1, 0.15) is 34.6 Å². The molecular formula is C19H21FN2O3. The molecule has 0 unspecified atom stereocenters. The van der Waals surface area contributed by atoms with Gasteiger partial charge in [-0.25, -0.2) is 4.39 Å². The van der Waals surface area contributed by atoms with E-state index < -0.39 is 5.97 Å². The van der Waals surface area contributed by atoms with Crippen molar-refractivity contribution in [3.8, 4) is 5.69 Å². The highest BCUT2D eigenvalue weighted by atomic mass is 19.1. The van der Waals surface area contributed by atoms with Crippen LogP contribution in [0.25, 0.3) is 5.69 Å². The summed E-state index contributed by atoms with van der Waals surface area (Å²) in [5.74, 6) is -1.59. The minimum Gasteiger partial charge on any atom is -0.481 e. The van der Waals surface area contributed by atoms with Gasteiger partial charge in [-0.15, -0.1) is 0 Å². The molecule has 1 aromatic carbocycles. The molecule has 1 amide bonds. The first kappa shape index (κ1) is 17.2. The van der Waals surface area contributed by atoms with Gasteiger partial charge in [0, 0.05) is 30.2 Å². The normalized spacial score (nSPS) is 15.4. The van der Waals surface area contributed by atoms with Gasteiger partial charge in [0.15, 0.2) is 0 Å². The molecule has 0 spiro atoms. The Kier molecular flexibility index (Phi) is 4.61. The number of carboxylic acid groups (broad SMARTS) is 1. The summed E-state index contributed by atoms with van der Waals surface area (Å²) in [5, 5.41) is 9.08. The summed E-state index contributed by atoms with van der Waals surface area (Å²) in [4.78, 5) is 25.6. The second kappa shape index (κ2) is 6.70. The first-order chi connectivity index (χ1) is 11.9. The number of nitrogens with zero attached hydrogens (tertiary/aromatic N) is 2. The number of aryl methyl sites for hydroxylation is 1. The predicted molar refractivity (Wildman–Crippen MR) is 91.5 cm³/mol. The van der Waals surface area contributed by atoms with Gasteiger partial charge in [0.2, 0.25) is 0 Å². The van der Waals surface area contributed by atoms with E-state index >= 15 is 0 Å². The van der Waals surface area contributed by atoms with Crippen molar-refractivity contribution in [1.29, 1.82) is 0 Å². The van der Waals surface area contributed by atoms with E-state index in [1.165, 1.54) is 12.1 Å². The molecule has 0 aliphatic carbocycles. The van der Waals surface area contributed by atoms with Crippen molar-refractivity contribution in [3.63, 3.8) is 0 Å². The van der Waals surface area contributed by atoms with Gasteiger partial charge in [-0.05, 0) is 51.0 Å². The van der Waals surface area contributed by atoms with Crippen LogP contribution in [-0.2, 0) is 4.79 Å². The smallest absolute Gasteiger partial charge is 0.306 e. The van der Waals surface area contributed by atoms with Crippen LogP contribution in [0.15, 0.2) is 30.3 Å². The van der Waals surface area contributed by atoms with Crippen molar-refractivity contribution in [2.75, 3.05) is 13.1 Å². The Morgan fingerprint density at radius 2 is 1.84 bits per heavy atom.